The van der Waals surface area contributed by atoms with Gasteiger partial charge in [-0.25, -0.2) is 4.39 Å². The first kappa shape index (κ1) is 24.0. The largest absolute Gasteiger partial charge is 0.489 e. The number of nitrogens with zero attached hydrogens (tertiary/aromatic N) is 3. The van der Waals surface area contributed by atoms with E-state index in [2.05, 4.69) is 52.4 Å². The highest BCUT2D eigenvalue weighted by Gasteiger charge is 2.33. The van der Waals surface area contributed by atoms with Gasteiger partial charge < -0.3 is 9.15 Å². The highest BCUT2D eigenvalue weighted by Crippen LogP contribution is 2.40. The Hall–Kier alpha value is -2.73. The first-order valence-corrected chi connectivity index (χ1v) is 13.2. The second kappa shape index (κ2) is 11.3. The van der Waals surface area contributed by atoms with Gasteiger partial charge in [0.15, 0.2) is 0 Å². The zero-order chi connectivity index (χ0) is 24.0. The molecule has 3 unspecified atom stereocenters. The van der Waals surface area contributed by atoms with Crippen molar-refractivity contribution in [1.29, 1.82) is 0 Å². The van der Waals surface area contributed by atoms with E-state index in [1.165, 1.54) is 49.8 Å². The Morgan fingerprint density at radius 3 is 2.63 bits per heavy atom. The molecule has 1 saturated carbocycles. The molecule has 5 nitrogen and oxygen atoms in total. The lowest BCUT2D eigenvalue weighted by Crippen LogP contribution is -2.46. The Labute approximate surface area is 207 Å². The minimum absolute atomic E-state index is 0.0113. The van der Waals surface area contributed by atoms with E-state index in [-0.39, 0.29) is 17.8 Å². The maximum atomic E-state index is 13.7. The van der Waals surface area contributed by atoms with E-state index >= 15 is 0 Å². The Kier molecular flexibility index (Phi) is 7.77. The van der Waals surface area contributed by atoms with Crippen molar-refractivity contribution in [3.8, 4) is 5.75 Å². The molecule has 1 saturated heterocycles. The summed E-state index contributed by atoms with van der Waals surface area (Å²) >= 11 is 0. The summed E-state index contributed by atoms with van der Waals surface area (Å²) in [6, 6.07) is 17.1. The summed E-state index contributed by atoms with van der Waals surface area (Å²) in [4.78, 5) is 2.32. The van der Waals surface area contributed by atoms with Gasteiger partial charge in [-0.3, -0.25) is 4.90 Å². The summed E-state index contributed by atoms with van der Waals surface area (Å²) < 4.78 is 26.2. The first-order chi connectivity index (χ1) is 17.2. The van der Waals surface area contributed by atoms with Crippen LogP contribution < -0.4 is 4.74 Å². The molecule has 0 spiro atoms. The van der Waals surface area contributed by atoms with E-state index in [9.17, 15) is 4.39 Å². The Balaban J connectivity index is 1.29. The van der Waals surface area contributed by atoms with Crippen LogP contribution in [0.4, 0.5) is 4.39 Å². The van der Waals surface area contributed by atoms with Crippen molar-refractivity contribution in [1.82, 2.24) is 15.1 Å². The number of piperidine rings is 1. The lowest BCUT2D eigenvalue weighted by atomic mass is 9.77. The summed E-state index contributed by atoms with van der Waals surface area (Å²) in [5.74, 6) is 2.88. The number of ether oxygens (including phenoxy) is 1. The minimum atomic E-state index is -0.271. The van der Waals surface area contributed by atoms with Crippen molar-refractivity contribution in [2.45, 2.75) is 70.4 Å². The highest BCUT2D eigenvalue weighted by atomic mass is 19.1. The van der Waals surface area contributed by atoms with Gasteiger partial charge in [0.1, 0.15) is 17.7 Å². The van der Waals surface area contributed by atoms with Gasteiger partial charge in [-0.05, 0) is 61.8 Å². The molecule has 0 N–H and O–H groups in total. The molecule has 35 heavy (non-hydrogen) atoms. The van der Waals surface area contributed by atoms with Crippen molar-refractivity contribution in [2.75, 3.05) is 13.1 Å². The Morgan fingerprint density at radius 1 is 1.03 bits per heavy atom. The molecule has 186 valence electrons. The number of benzene rings is 2. The minimum Gasteiger partial charge on any atom is -0.489 e. The van der Waals surface area contributed by atoms with Gasteiger partial charge in [0.05, 0.1) is 12.5 Å². The summed E-state index contributed by atoms with van der Waals surface area (Å²) in [7, 11) is 0. The molecule has 2 aliphatic rings. The van der Waals surface area contributed by atoms with Crippen molar-refractivity contribution in [3.63, 3.8) is 0 Å². The molecule has 1 aromatic heterocycles. The highest BCUT2D eigenvalue weighted by molar-refractivity contribution is 5.26. The third-order valence-electron chi connectivity index (χ3n) is 7.78. The Morgan fingerprint density at radius 2 is 1.86 bits per heavy atom. The fraction of sp³-hybridized carbons (Fsp3) is 0.517. The molecule has 2 heterocycles. The average molecular weight is 478 g/mol. The van der Waals surface area contributed by atoms with E-state index in [0.29, 0.717) is 30.0 Å². The fourth-order valence-electron chi connectivity index (χ4n) is 5.88. The zero-order valence-electron chi connectivity index (χ0n) is 20.6. The molecule has 0 radical (unpaired) electrons. The predicted octanol–water partition coefficient (Wildman–Crippen LogP) is 6.60. The molecule has 6 heteroatoms. The van der Waals surface area contributed by atoms with Gasteiger partial charge in [-0.1, -0.05) is 62.6 Å². The molecule has 2 aromatic carbocycles. The van der Waals surface area contributed by atoms with Gasteiger partial charge in [-0.2, -0.15) is 0 Å². The fourth-order valence-corrected chi connectivity index (χ4v) is 5.88. The third-order valence-corrected chi connectivity index (χ3v) is 7.78. The summed E-state index contributed by atoms with van der Waals surface area (Å²) in [6.45, 7) is 4.53. The lowest BCUT2D eigenvalue weighted by molar-refractivity contribution is 0.0304. The van der Waals surface area contributed by atoms with Crippen LogP contribution in [0.15, 0.2) is 59.0 Å². The van der Waals surface area contributed by atoms with Gasteiger partial charge in [0, 0.05) is 12.6 Å². The number of likely N-dealkylation sites (tertiary alicyclic amines) is 1. The predicted molar refractivity (Wildman–Crippen MR) is 134 cm³/mol. The van der Waals surface area contributed by atoms with Crippen LogP contribution in [-0.2, 0) is 6.54 Å². The summed E-state index contributed by atoms with van der Waals surface area (Å²) in [5.41, 5.74) is 1.27. The molecule has 3 aromatic rings. The van der Waals surface area contributed by atoms with Crippen molar-refractivity contribution >= 4 is 0 Å². The van der Waals surface area contributed by atoms with E-state index in [1.54, 1.807) is 6.07 Å². The molecule has 0 amide bonds. The molecule has 3 atom stereocenters. The first-order valence-electron chi connectivity index (χ1n) is 13.2. The zero-order valence-corrected chi connectivity index (χ0v) is 20.6. The van der Waals surface area contributed by atoms with Crippen LogP contribution in [0, 0.1) is 17.7 Å². The number of hydrogen-bond donors (Lipinski definition) is 0. The molecule has 5 rings (SSSR count). The normalized spacial score (nSPS) is 22.7. The van der Waals surface area contributed by atoms with E-state index in [4.69, 9.17) is 9.15 Å². The molecule has 1 aliphatic carbocycles. The maximum absolute atomic E-state index is 13.7. The summed E-state index contributed by atoms with van der Waals surface area (Å²) in [6.07, 6.45) is 8.37. The van der Waals surface area contributed by atoms with Crippen LogP contribution in [0.1, 0.15) is 75.1 Å². The van der Waals surface area contributed by atoms with Gasteiger partial charge >= 0.3 is 0 Å². The second-order valence-electron chi connectivity index (χ2n) is 10.1. The molecular weight excluding hydrogens is 441 g/mol. The number of hydrogen-bond acceptors (Lipinski definition) is 5. The van der Waals surface area contributed by atoms with Crippen LogP contribution in [0.3, 0.4) is 0 Å². The third kappa shape index (κ3) is 5.92. The Bertz CT molecular complexity index is 1070. The standard InChI is InChI=1S/C29H36FN3O2/c1-2-21-16-17-33(19-26(21)34-25-15-9-14-24(30)18-25)20-27-31-32-29(35-27)28(22-10-5-3-6-11-22)23-12-7-4-8-13-23/h3,5-6,9-11,14-15,18,21,23,26,28H,2,4,7-8,12-13,16-17,19-20H2,1H3. The van der Waals surface area contributed by atoms with Crippen LogP contribution in [0.2, 0.25) is 0 Å². The van der Waals surface area contributed by atoms with Gasteiger partial charge in [0.25, 0.3) is 0 Å². The summed E-state index contributed by atoms with van der Waals surface area (Å²) in [5, 5.41) is 9.01. The monoisotopic (exact) mass is 477 g/mol. The van der Waals surface area contributed by atoms with E-state index < -0.39 is 0 Å². The number of rotatable bonds is 8. The van der Waals surface area contributed by atoms with Gasteiger partial charge in [0.2, 0.25) is 11.8 Å². The van der Waals surface area contributed by atoms with Crippen molar-refractivity contribution in [3.05, 3.63) is 77.8 Å². The maximum Gasteiger partial charge on any atom is 0.230 e. The number of halogens is 1. The smallest absolute Gasteiger partial charge is 0.230 e. The quantitative estimate of drug-likeness (QED) is 0.366. The molecule has 2 fully saturated rings. The lowest BCUT2D eigenvalue weighted by Gasteiger charge is -2.37. The van der Waals surface area contributed by atoms with E-state index in [0.717, 1.165) is 31.8 Å². The average Bonchev–Trinajstić information content (AvgIpc) is 3.33. The SMILES string of the molecule is CCC1CCN(Cc2nnc(C(c3ccccc3)C3CCCCC3)o2)CC1Oc1cccc(F)c1. The van der Waals surface area contributed by atoms with Gasteiger partial charge in [-0.15, -0.1) is 10.2 Å². The molecule has 1 aliphatic heterocycles. The van der Waals surface area contributed by atoms with Crippen LogP contribution in [0.25, 0.3) is 0 Å². The second-order valence-corrected chi connectivity index (χ2v) is 10.1. The van der Waals surface area contributed by atoms with Crippen LogP contribution in [-0.4, -0.2) is 34.3 Å². The topological polar surface area (TPSA) is 51.4 Å². The van der Waals surface area contributed by atoms with E-state index in [1.807, 2.05) is 6.07 Å². The van der Waals surface area contributed by atoms with Crippen LogP contribution in [0.5, 0.6) is 5.75 Å². The molecular formula is C29H36FN3O2. The van der Waals surface area contributed by atoms with Crippen LogP contribution >= 0.6 is 0 Å². The van der Waals surface area contributed by atoms with Crippen molar-refractivity contribution < 1.29 is 13.5 Å². The molecule has 0 bridgehead atoms. The number of aromatic nitrogens is 2. The van der Waals surface area contributed by atoms with Crippen molar-refractivity contribution in [2.24, 2.45) is 11.8 Å².